The highest BCUT2D eigenvalue weighted by Gasteiger charge is 2.34. The van der Waals surface area contributed by atoms with Crippen molar-refractivity contribution in [3.05, 3.63) is 29.8 Å². The minimum absolute atomic E-state index is 0.0776. The van der Waals surface area contributed by atoms with E-state index in [1.54, 1.807) is 12.1 Å². The van der Waals surface area contributed by atoms with Gasteiger partial charge in [0.05, 0.1) is 5.60 Å². The normalized spacial score (nSPS) is 22.9. The Labute approximate surface area is 128 Å². The van der Waals surface area contributed by atoms with E-state index in [1.807, 2.05) is 12.1 Å². The highest BCUT2D eigenvalue weighted by atomic mass is 16.5. The smallest absolute Gasteiger partial charge is 0.115 e. The summed E-state index contributed by atoms with van der Waals surface area (Å²) < 4.78 is 6.04. The van der Waals surface area contributed by atoms with Crippen molar-refractivity contribution in [3.63, 3.8) is 0 Å². The second-order valence-corrected chi connectivity index (χ2v) is 6.37. The van der Waals surface area contributed by atoms with Crippen LogP contribution in [0.2, 0.25) is 0 Å². The Morgan fingerprint density at radius 1 is 1.29 bits per heavy atom. The summed E-state index contributed by atoms with van der Waals surface area (Å²) >= 11 is 0. The number of aromatic hydroxyl groups is 1. The molecule has 2 N–H and O–H groups in total. The number of rotatable bonds is 6. The fourth-order valence-electron chi connectivity index (χ4n) is 3.36. The summed E-state index contributed by atoms with van der Waals surface area (Å²) in [5.74, 6) is 0.333. The van der Waals surface area contributed by atoms with E-state index in [0.717, 1.165) is 38.7 Å². The van der Waals surface area contributed by atoms with Crippen LogP contribution >= 0.6 is 0 Å². The first kappa shape index (κ1) is 16.3. The molecule has 1 aliphatic heterocycles. The lowest BCUT2D eigenvalue weighted by Crippen LogP contribution is -2.49. The van der Waals surface area contributed by atoms with Gasteiger partial charge in [0, 0.05) is 18.7 Å². The predicted octanol–water partition coefficient (Wildman–Crippen LogP) is 3.65. The third-order valence-electron chi connectivity index (χ3n) is 4.78. The first-order chi connectivity index (χ1) is 10.1. The molecule has 0 amide bonds. The summed E-state index contributed by atoms with van der Waals surface area (Å²) in [7, 11) is 0. The monoisotopic (exact) mass is 291 g/mol. The van der Waals surface area contributed by atoms with E-state index in [0.29, 0.717) is 17.8 Å². The van der Waals surface area contributed by atoms with Crippen LogP contribution in [-0.4, -0.2) is 29.4 Å². The summed E-state index contributed by atoms with van der Waals surface area (Å²) in [5.41, 5.74) is 1.34. The van der Waals surface area contributed by atoms with Gasteiger partial charge in [-0.2, -0.15) is 0 Å². The average molecular weight is 291 g/mol. The van der Waals surface area contributed by atoms with Crippen molar-refractivity contribution in [1.29, 1.82) is 0 Å². The maximum atomic E-state index is 9.33. The van der Waals surface area contributed by atoms with Crippen LogP contribution in [0.5, 0.6) is 5.75 Å². The van der Waals surface area contributed by atoms with Gasteiger partial charge in [-0.1, -0.05) is 26.0 Å². The molecule has 1 aromatic carbocycles. The van der Waals surface area contributed by atoms with Crippen molar-refractivity contribution in [2.24, 2.45) is 0 Å². The summed E-state index contributed by atoms with van der Waals surface area (Å²) in [6, 6.07) is 8.50. The molecule has 0 saturated carbocycles. The van der Waals surface area contributed by atoms with E-state index >= 15 is 0 Å². The van der Waals surface area contributed by atoms with Gasteiger partial charge in [0.15, 0.2) is 0 Å². The molecule has 0 aliphatic carbocycles. The van der Waals surface area contributed by atoms with Gasteiger partial charge in [0.2, 0.25) is 0 Å². The lowest BCUT2D eigenvalue weighted by atomic mass is 9.85. The molecule has 0 radical (unpaired) electrons. The molecule has 2 rings (SSSR count). The molecule has 1 fully saturated rings. The first-order valence-electron chi connectivity index (χ1n) is 8.25. The standard InChI is InChI=1S/C18H29NO2/c1-4-18(5-2)13-16(10-11-21-18)19-14(3)12-15-6-8-17(20)9-7-15/h6-9,14,16,19-20H,4-5,10-13H2,1-3H3. The van der Waals surface area contributed by atoms with Crippen LogP contribution in [0.15, 0.2) is 24.3 Å². The molecule has 0 bridgehead atoms. The molecule has 3 nitrogen and oxygen atoms in total. The van der Waals surface area contributed by atoms with Crippen LogP contribution in [0, 0.1) is 0 Å². The summed E-state index contributed by atoms with van der Waals surface area (Å²) in [6.45, 7) is 7.56. The van der Waals surface area contributed by atoms with Gasteiger partial charge in [-0.25, -0.2) is 0 Å². The van der Waals surface area contributed by atoms with E-state index in [1.165, 1.54) is 5.56 Å². The van der Waals surface area contributed by atoms with Crippen LogP contribution in [0.25, 0.3) is 0 Å². The number of ether oxygens (including phenoxy) is 1. The van der Waals surface area contributed by atoms with Gasteiger partial charge in [-0.15, -0.1) is 0 Å². The van der Waals surface area contributed by atoms with E-state index < -0.39 is 0 Å². The predicted molar refractivity (Wildman–Crippen MR) is 86.7 cm³/mol. The SMILES string of the molecule is CCC1(CC)CC(NC(C)Cc2ccc(O)cc2)CCO1. The molecular formula is C18H29NO2. The number of hydrogen-bond acceptors (Lipinski definition) is 3. The van der Waals surface area contributed by atoms with Crippen molar-refractivity contribution < 1.29 is 9.84 Å². The molecular weight excluding hydrogens is 262 g/mol. The molecule has 1 heterocycles. The van der Waals surface area contributed by atoms with Gasteiger partial charge in [-0.05, 0) is 56.7 Å². The number of phenolic OH excluding ortho intramolecular Hbond substituents is 1. The second-order valence-electron chi connectivity index (χ2n) is 6.37. The molecule has 3 heteroatoms. The molecule has 2 atom stereocenters. The molecule has 1 aliphatic rings. The summed E-state index contributed by atoms with van der Waals surface area (Å²) in [6.07, 6.45) is 5.38. The Hall–Kier alpha value is -1.06. The Balaban J connectivity index is 1.87. The van der Waals surface area contributed by atoms with E-state index in [2.05, 4.69) is 26.1 Å². The molecule has 118 valence electrons. The van der Waals surface area contributed by atoms with E-state index in [4.69, 9.17) is 4.74 Å². The van der Waals surface area contributed by atoms with Crippen LogP contribution < -0.4 is 5.32 Å². The van der Waals surface area contributed by atoms with Gasteiger partial charge in [-0.3, -0.25) is 0 Å². The fraction of sp³-hybridized carbons (Fsp3) is 0.667. The van der Waals surface area contributed by atoms with Crippen LogP contribution in [0.3, 0.4) is 0 Å². The highest BCUT2D eigenvalue weighted by molar-refractivity contribution is 5.26. The lowest BCUT2D eigenvalue weighted by Gasteiger charge is -2.41. The maximum absolute atomic E-state index is 9.33. The Kier molecular flexibility index (Phi) is 5.65. The number of benzene rings is 1. The molecule has 0 aromatic heterocycles. The molecule has 21 heavy (non-hydrogen) atoms. The highest BCUT2D eigenvalue weighted by Crippen LogP contribution is 2.31. The Bertz CT molecular complexity index is 425. The van der Waals surface area contributed by atoms with E-state index in [9.17, 15) is 5.11 Å². The topological polar surface area (TPSA) is 41.5 Å². The van der Waals surface area contributed by atoms with Crippen LogP contribution in [0.1, 0.15) is 52.0 Å². The van der Waals surface area contributed by atoms with Gasteiger partial charge in [0.25, 0.3) is 0 Å². The number of nitrogens with one attached hydrogen (secondary N) is 1. The lowest BCUT2D eigenvalue weighted by molar-refractivity contribution is -0.0939. The van der Waals surface area contributed by atoms with Gasteiger partial charge < -0.3 is 15.2 Å². The minimum Gasteiger partial charge on any atom is -0.508 e. The number of phenols is 1. The first-order valence-corrected chi connectivity index (χ1v) is 8.25. The van der Waals surface area contributed by atoms with Crippen molar-refractivity contribution >= 4 is 0 Å². The summed E-state index contributed by atoms with van der Waals surface area (Å²) in [4.78, 5) is 0. The zero-order chi connectivity index (χ0) is 15.3. The van der Waals surface area contributed by atoms with Gasteiger partial charge >= 0.3 is 0 Å². The third kappa shape index (κ3) is 4.45. The zero-order valence-corrected chi connectivity index (χ0v) is 13.6. The quantitative estimate of drug-likeness (QED) is 0.840. The fourth-order valence-corrected chi connectivity index (χ4v) is 3.36. The Morgan fingerprint density at radius 2 is 1.95 bits per heavy atom. The van der Waals surface area contributed by atoms with Gasteiger partial charge in [0.1, 0.15) is 5.75 Å². The Morgan fingerprint density at radius 3 is 2.57 bits per heavy atom. The van der Waals surface area contributed by atoms with Crippen molar-refractivity contribution in [3.8, 4) is 5.75 Å². The number of hydrogen-bond donors (Lipinski definition) is 2. The zero-order valence-electron chi connectivity index (χ0n) is 13.6. The third-order valence-corrected chi connectivity index (χ3v) is 4.78. The van der Waals surface area contributed by atoms with E-state index in [-0.39, 0.29) is 5.60 Å². The molecule has 1 aromatic rings. The van der Waals surface area contributed by atoms with Crippen molar-refractivity contribution in [2.45, 2.75) is 70.6 Å². The summed E-state index contributed by atoms with van der Waals surface area (Å²) in [5, 5.41) is 13.1. The molecule has 1 saturated heterocycles. The van der Waals surface area contributed by atoms with Crippen LogP contribution in [0.4, 0.5) is 0 Å². The second kappa shape index (κ2) is 7.28. The molecule has 2 unspecified atom stereocenters. The van der Waals surface area contributed by atoms with Crippen molar-refractivity contribution in [2.75, 3.05) is 6.61 Å². The molecule has 0 spiro atoms. The minimum atomic E-state index is 0.0776. The van der Waals surface area contributed by atoms with Crippen molar-refractivity contribution in [1.82, 2.24) is 5.32 Å². The largest absolute Gasteiger partial charge is 0.508 e. The maximum Gasteiger partial charge on any atom is 0.115 e. The van der Waals surface area contributed by atoms with Crippen LogP contribution in [-0.2, 0) is 11.2 Å². The average Bonchev–Trinajstić information content (AvgIpc) is 2.49.